The van der Waals surface area contributed by atoms with E-state index in [1.807, 2.05) is 6.92 Å². The summed E-state index contributed by atoms with van der Waals surface area (Å²) in [7, 11) is 0. The summed E-state index contributed by atoms with van der Waals surface area (Å²) in [4.78, 5) is 27.2. The van der Waals surface area contributed by atoms with Gasteiger partial charge in [0.05, 0.1) is 5.70 Å². The average Bonchev–Trinajstić information content (AvgIpc) is 3.05. The minimum Gasteiger partial charge on any atom is -0.370 e. The zero-order valence-corrected chi connectivity index (χ0v) is 19.8. The summed E-state index contributed by atoms with van der Waals surface area (Å²) in [5.41, 5.74) is 8.59. The van der Waals surface area contributed by atoms with Crippen LogP contribution in [-0.4, -0.2) is 28.7 Å². The van der Waals surface area contributed by atoms with E-state index in [-0.39, 0.29) is 29.2 Å². The van der Waals surface area contributed by atoms with Gasteiger partial charge in [-0.1, -0.05) is 20.3 Å². The molecule has 3 fully saturated rings. The van der Waals surface area contributed by atoms with Crippen molar-refractivity contribution in [2.75, 3.05) is 0 Å². The lowest BCUT2D eigenvalue weighted by Gasteiger charge is -2.58. The number of hydrogen-bond acceptors (Lipinski definition) is 3. The normalized spacial score (nSPS) is 39.4. The summed E-state index contributed by atoms with van der Waals surface area (Å²) >= 11 is 0. The molecule has 4 rings (SSSR count). The van der Waals surface area contributed by atoms with Gasteiger partial charge in [0, 0.05) is 24.9 Å². The number of hydrogen-bond donors (Lipinski definition) is 1. The summed E-state index contributed by atoms with van der Waals surface area (Å²) in [6.07, 6.45) is 11.1. The van der Waals surface area contributed by atoms with E-state index >= 15 is 0 Å². The molecule has 2 N–H and O–H groups in total. The van der Waals surface area contributed by atoms with Crippen LogP contribution in [0.25, 0.3) is 0 Å². The Hall–Kier alpha value is -1.32. The van der Waals surface area contributed by atoms with Crippen LogP contribution in [0.15, 0.2) is 11.3 Å². The maximum atomic E-state index is 13.3. The number of carbonyl (C=O) groups is 2. The Kier molecular flexibility index (Phi) is 5.60. The van der Waals surface area contributed by atoms with Crippen molar-refractivity contribution in [3.63, 3.8) is 0 Å². The van der Waals surface area contributed by atoms with Crippen molar-refractivity contribution in [2.24, 2.45) is 34.3 Å². The fourth-order valence-corrected chi connectivity index (χ4v) is 8.36. The Morgan fingerprint density at radius 3 is 2.47 bits per heavy atom. The second-order valence-electron chi connectivity index (χ2n) is 11.7. The standard InChI is InChI=1S/C26H42N2O2/c1-16(2)28(17(3)15-23(27)30)24-21-9-8-18-19-7-6-12-25(19,4)13-10-20(18)26(21,5)14-11-22(24)29/h16-20H,6-15H2,1-5H3,(H2,27,30)/t17?,18-,19-,20-,25-,26+/m0/s1. The highest BCUT2D eigenvalue weighted by molar-refractivity contribution is 5.97. The van der Waals surface area contributed by atoms with Crippen LogP contribution >= 0.6 is 0 Å². The number of Topliss-reactive ketones (excluding diaryl/α,β-unsaturated/α-hetero) is 1. The van der Waals surface area contributed by atoms with Gasteiger partial charge in [-0.3, -0.25) is 9.59 Å². The molecular formula is C26H42N2O2. The van der Waals surface area contributed by atoms with E-state index in [4.69, 9.17) is 5.73 Å². The maximum absolute atomic E-state index is 13.3. The Bertz CT molecular complexity index is 756. The molecule has 3 saturated carbocycles. The van der Waals surface area contributed by atoms with Gasteiger partial charge in [-0.25, -0.2) is 0 Å². The lowest BCUT2D eigenvalue weighted by atomic mass is 9.47. The third-order valence-corrected chi connectivity index (χ3v) is 9.66. The van der Waals surface area contributed by atoms with Gasteiger partial charge in [-0.15, -0.1) is 0 Å². The van der Waals surface area contributed by atoms with E-state index in [1.54, 1.807) is 0 Å². The molecule has 4 aliphatic rings. The molecule has 0 aliphatic heterocycles. The number of primary amides is 1. The Morgan fingerprint density at radius 2 is 1.80 bits per heavy atom. The van der Waals surface area contributed by atoms with Crippen LogP contribution in [0.5, 0.6) is 0 Å². The number of rotatable bonds is 5. The van der Waals surface area contributed by atoms with Crippen LogP contribution in [0.3, 0.4) is 0 Å². The summed E-state index contributed by atoms with van der Waals surface area (Å²) in [5, 5.41) is 0. The second kappa shape index (κ2) is 7.67. The van der Waals surface area contributed by atoms with Gasteiger partial charge in [0.15, 0.2) is 5.78 Å². The number of ketones is 1. The number of nitrogens with two attached hydrogens (primary N) is 1. The molecule has 30 heavy (non-hydrogen) atoms. The molecule has 0 saturated heterocycles. The van der Waals surface area contributed by atoms with Crippen LogP contribution < -0.4 is 5.73 Å². The van der Waals surface area contributed by atoms with Crippen LogP contribution in [0.2, 0.25) is 0 Å². The van der Waals surface area contributed by atoms with E-state index < -0.39 is 0 Å². The zero-order valence-electron chi connectivity index (χ0n) is 19.8. The number of amides is 1. The number of carbonyl (C=O) groups excluding carboxylic acids is 2. The predicted octanol–water partition coefficient (Wildman–Crippen LogP) is 5.21. The summed E-state index contributed by atoms with van der Waals surface area (Å²) in [6, 6.07) is 0.133. The topological polar surface area (TPSA) is 63.4 Å². The van der Waals surface area contributed by atoms with Crippen LogP contribution in [0.1, 0.15) is 98.8 Å². The van der Waals surface area contributed by atoms with Crippen molar-refractivity contribution in [3.8, 4) is 0 Å². The van der Waals surface area contributed by atoms with E-state index in [0.29, 0.717) is 24.2 Å². The first-order chi connectivity index (χ1) is 14.1. The van der Waals surface area contributed by atoms with Crippen molar-refractivity contribution in [1.29, 1.82) is 0 Å². The quantitative estimate of drug-likeness (QED) is 0.671. The van der Waals surface area contributed by atoms with E-state index in [1.165, 1.54) is 44.1 Å². The fourth-order valence-electron chi connectivity index (χ4n) is 8.36. The predicted molar refractivity (Wildman–Crippen MR) is 121 cm³/mol. The van der Waals surface area contributed by atoms with Crippen molar-refractivity contribution in [2.45, 2.75) is 111 Å². The number of allylic oxidation sites excluding steroid dienone is 1. The SMILES string of the molecule is CC(C)N(C1=C2CC[C@H]3[C@@H]4CCC[C@@]4(C)CC[C@@H]3[C@@]2(C)CCC1=O)C(C)CC(N)=O. The van der Waals surface area contributed by atoms with Gasteiger partial charge in [0.2, 0.25) is 5.91 Å². The molecular weight excluding hydrogens is 372 g/mol. The van der Waals surface area contributed by atoms with Crippen LogP contribution in [-0.2, 0) is 9.59 Å². The first-order valence-corrected chi connectivity index (χ1v) is 12.4. The third-order valence-electron chi connectivity index (χ3n) is 9.66. The summed E-state index contributed by atoms with van der Waals surface area (Å²) < 4.78 is 0. The van der Waals surface area contributed by atoms with Crippen LogP contribution in [0.4, 0.5) is 0 Å². The first-order valence-electron chi connectivity index (χ1n) is 12.4. The molecule has 0 aromatic carbocycles. The van der Waals surface area contributed by atoms with Gasteiger partial charge < -0.3 is 10.6 Å². The molecule has 1 amide bonds. The van der Waals surface area contributed by atoms with Crippen molar-refractivity contribution in [3.05, 3.63) is 11.3 Å². The van der Waals surface area contributed by atoms with Crippen molar-refractivity contribution in [1.82, 2.24) is 4.90 Å². The van der Waals surface area contributed by atoms with E-state index in [2.05, 4.69) is 32.6 Å². The van der Waals surface area contributed by atoms with Crippen LogP contribution in [0, 0.1) is 28.6 Å². The number of fused-ring (bicyclic) bond motifs is 5. The Morgan fingerprint density at radius 1 is 1.07 bits per heavy atom. The minimum atomic E-state index is -0.290. The Balaban J connectivity index is 1.74. The highest BCUT2D eigenvalue weighted by Crippen LogP contribution is 2.65. The third kappa shape index (κ3) is 3.33. The summed E-state index contributed by atoms with van der Waals surface area (Å²) in [5.74, 6) is 2.41. The molecule has 4 aliphatic carbocycles. The fraction of sp³-hybridized carbons (Fsp3) is 0.846. The van der Waals surface area contributed by atoms with Gasteiger partial charge in [0.1, 0.15) is 0 Å². The molecule has 0 aromatic heterocycles. The highest BCUT2D eigenvalue weighted by atomic mass is 16.1. The molecule has 4 heteroatoms. The van der Waals surface area contributed by atoms with Gasteiger partial charge >= 0.3 is 0 Å². The largest absolute Gasteiger partial charge is 0.370 e. The Labute approximate surface area is 183 Å². The lowest BCUT2D eigenvalue weighted by Crippen LogP contribution is -2.52. The molecule has 1 unspecified atom stereocenters. The van der Waals surface area contributed by atoms with Gasteiger partial charge in [-0.2, -0.15) is 0 Å². The van der Waals surface area contributed by atoms with Crippen molar-refractivity contribution >= 4 is 11.7 Å². The lowest BCUT2D eigenvalue weighted by molar-refractivity contribution is -0.123. The van der Waals surface area contributed by atoms with Gasteiger partial charge in [-0.05, 0) is 99.9 Å². The molecule has 6 atom stereocenters. The molecule has 4 nitrogen and oxygen atoms in total. The minimum absolute atomic E-state index is 0.0431. The molecule has 168 valence electrons. The average molecular weight is 415 g/mol. The molecule has 0 heterocycles. The molecule has 0 bridgehead atoms. The first kappa shape index (κ1) is 21.9. The smallest absolute Gasteiger partial charge is 0.219 e. The zero-order chi connectivity index (χ0) is 21.8. The van der Waals surface area contributed by atoms with Gasteiger partial charge in [0.25, 0.3) is 0 Å². The van der Waals surface area contributed by atoms with E-state index in [0.717, 1.165) is 30.4 Å². The van der Waals surface area contributed by atoms with Crippen molar-refractivity contribution < 1.29 is 9.59 Å². The monoisotopic (exact) mass is 414 g/mol. The molecule has 0 aromatic rings. The highest BCUT2D eigenvalue weighted by Gasteiger charge is 2.57. The second-order valence-corrected chi connectivity index (χ2v) is 11.7. The molecule has 0 spiro atoms. The number of nitrogens with zero attached hydrogens (tertiary/aromatic N) is 1. The maximum Gasteiger partial charge on any atom is 0.219 e. The van der Waals surface area contributed by atoms with E-state index in [9.17, 15) is 9.59 Å². The summed E-state index contributed by atoms with van der Waals surface area (Å²) in [6.45, 7) is 11.4. The molecule has 0 radical (unpaired) electrons.